The SMILES string of the molecule is Cc1cccc2c1OCCC2C(C)N. The topological polar surface area (TPSA) is 35.2 Å². The van der Waals surface area contributed by atoms with Gasteiger partial charge in [-0.05, 0) is 31.4 Å². The van der Waals surface area contributed by atoms with E-state index in [0.29, 0.717) is 5.92 Å². The summed E-state index contributed by atoms with van der Waals surface area (Å²) in [6, 6.07) is 6.51. The molecule has 2 rings (SSSR count). The highest BCUT2D eigenvalue weighted by Gasteiger charge is 2.24. The van der Waals surface area contributed by atoms with E-state index in [4.69, 9.17) is 10.5 Å². The normalized spacial score (nSPS) is 22.4. The largest absolute Gasteiger partial charge is 0.493 e. The Kier molecular flexibility index (Phi) is 2.46. The van der Waals surface area contributed by atoms with Crippen molar-refractivity contribution in [3.63, 3.8) is 0 Å². The molecule has 0 spiro atoms. The van der Waals surface area contributed by atoms with Gasteiger partial charge in [0.1, 0.15) is 5.75 Å². The fourth-order valence-corrected chi connectivity index (χ4v) is 2.15. The summed E-state index contributed by atoms with van der Waals surface area (Å²) < 4.78 is 5.68. The molecule has 0 amide bonds. The fraction of sp³-hybridized carbons (Fsp3) is 0.500. The van der Waals surface area contributed by atoms with E-state index in [9.17, 15) is 0 Å². The van der Waals surface area contributed by atoms with Gasteiger partial charge in [0.25, 0.3) is 0 Å². The zero-order valence-corrected chi connectivity index (χ0v) is 8.79. The van der Waals surface area contributed by atoms with Gasteiger partial charge < -0.3 is 10.5 Å². The Morgan fingerprint density at radius 2 is 2.29 bits per heavy atom. The van der Waals surface area contributed by atoms with Gasteiger partial charge in [-0.2, -0.15) is 0 Å². The Labute approximate surface area is 85.1 Å². The highest BCUT2D eigenvalue weighted by molar-refractivity contribution is 5.44. The molecule has 1 aromatic rings. The van der Waals surface area contributed by atoms with Gasteiger partial charge in [-0.25, -0.2) is 0 Å². The summed E-state index contributed by atoms with van der Waals surface area (Å²) in [6.07, 6.45) is 1.04. The zero-order valence-electron chi connectivity index (χ0n) is 8.79. The van der Waals surface area contributed by atoms with Crippen LogP contribution in [0.3, 0.4) is 0 Å². The van der Waals surface area contributed by atoms with Gasteiger partial charge in [0.2, 0.25) is 0 Å². The summed E-state index contributed by atoms with van der Waals surface area (Å²) in [5.74, 6) is 1.51. The molecule has 0 aromatic heterocycles. The van der Waals surface area contributed by atoms with E-state index in [1.807, 2.05) is 0 Å². The Morgan fingerprint density at radius 1 is 1.50 bits per heavy atom. The average Bonchev–Trinajstić information content (AvgIpc) is 2.17. The van der Waals surface area contributed by atoms with Crippen LogP contribution < -0.4 is 10.5 Å². The smallest absolute Gasteiger partial charge is 0.125 e. The van der Waals surface area contributed by atoms with Crippen molar-refractivity contribution in [2.45, 2.75) is 32.2 Å². The molecule has 0 aliphatic carbocycles. The van der Waals surface area contributed by atoms with Gasteiger partial charge in [-0.1, -0.05) is 18.2 Å². The molecule has 76 valence electrons. The molecule has 2 nitrogen and oxygen atoms in total. The first kappa shape index (κ1) is 9.53. The van der Waals surface area contributed by atoms with E-state index in [0.717, 1.165) is 18.8 Å². The highest BCUT2D eigenvalue weighted by atomic mass is 16.5. The molecule has 1 heterocycles. The lowest BCUT2D eigenvalue weighted by molar-refractivity contribution is 0.256. The van der Waals surface area contributed by atoms with Crippen LogP contribution >= 0.6 is 0 Å². The van der Waals surface area contributed by atoms with Gasteiger partial charge in [0, 0.05) is 12.0 Å². The number of rotatable bonds is 1. The third-order valence-electron chi connectivity index (χ3n) is 2.95. The molecule has 2 atom stereocenters. The van der Waals surface area contributed by atoms with Gasteiger partial charge in [-0.15, -0.1) is 0 Å². The quantitative estimate of drug-likeness (QED) is 0.738. The molecule has 0 bridgehead atoms. The zero-order chi connectivity index (χ0) is 10.1. The molecular formula is C12H17NO. The van der Waals surface area contributed by atoms with E-state index < -0.39 is 0 Å². The fourth-order valence-electron chi connectivity index (χ4n) is 2.15. The minimum Gasteiger partial charge on any atom is -0.493 e. The van der Waals surface area contributed by atoms with Crippen LogP contribution in [0.4, 0.5) is 0 Å². The summed E-state index contributed by atoms with van der Waals surface area (Å²) in [4.78, 5) is 0. The standard InChI is InChI=1S/C12H17NO/c1-8-4-3-5-11-10(9(2)13)6-7-14-12(8)11/h3-5,9-10H,6-7,13H2,1-2H3. The number of fused-ring (bicyclic) bond motifs is 1. The number of aryl methyl sites for hydroxylation is 1. The molecule has 2 unspecified atom stereocenters. The van der Waals surface area contributed by atoms with E-state index in [1.165, 1.54) is 11.1 Å². The predicted octanol–water partition coefficient (Wildman–Crippen LogP) is 2.21. The Hall–Kier alpha value is -1.02. The molecule has 1 aliphatic rings. The predicted molar refractivity (Wildman–Crippen MR) is 57.7 cm³/mol. The van der Waals surface area contributed by atoms with Crippen molar-refractivity contribution in [3.8, 4) is 5.75 Å². The number of hydrogen-bond donors (Lipinski definition) is 1. The lowest BCUT2D eigenvalue weighted by Crippen LogP contribution is -2.29. The van der Waals surface area contributed by atoms with Crippen LogP contribution in [0, 0.1) is 6.92 Å². The van der Waals surface area contributed by atoms with Crippen LogP contribution in [0.15, 0.2) is 18.2 Å². The van der Waals surface area contributed by atoms with Crippen molar-refractivity contribution < 1.29 is 4.74 Å². The molecule has 0 saturated heterocycles. The van der Waals surface area contributed by atoms with Gasteiger partial charge in [0.05, 0.1) is 6.61 Å². The van der Waals surface area contributed by atoms with Crippen molar-refractivity contribution >= 4 is 0 Å². The van der Waals surface area contributed by atoms with E-state index in [1.54, 1.807) is 0 Å². The number of nitrogens with two attached hydrogens (primary N) is 1. The summed E-state index contributed by atoms with van der Waals surface area (Å²) in [5, 5.41) is 0. The summed E-state index contributed by atoms with van der Waals surface area (Å²) in [5.41, 5.74) is 8.48. The van der Waals surface area contributed by atoms with Gasteiger partial charge >= 0.3 is 0 Å². The van der Waals surface area contributed by atoms with Crippen LogP contribution in [0.1, 0.15) is 30.4 Å². The minimum atomic E-state index is 0.208. The van der Waals surface area contributed by atoms with E-state index in [2.05, 4.69) is 32.0 Å². The summed E-state index contributed by atoms with van der Waals surface area (Å²) in [7, 11) is 0. The maximum absolute atomic E-state index is 5.98. The highest BCUT2D eigenvalue weighted by Crippen LogP contribution is 2.37. The van der Waals surface area contributed by atoms with Crippen molar-refractivity contribution in [1.82, 2.24) is 0 Å². The third kappa shape index (κ3) is 1.50. The summed E-state index contributed by atoms with van der Waals surface area (Å²) >= 11 is 0. The first-order valence-corrected chi connectivity index (χ1v) is 5.18. The van der Waals surface area contributed by atoms with Crippen LogP contribution in [0.25, 0.3) is 0 Å². The number of ether oxygens (including phenoxy) is 1. The van der Waals surface area contributed by atoms with Crippen molar-refractivity contribution in [2.24, 2.45) is 5.73 Å². The first-order valence-electron chi connectivity index (χ1n) is 5.18. The molecule has 14 heavy (non-hydrogen) atoms. The lowest BCUT2D eigenvalue weighted by Gasteiger charge is -2.29. The second-order valence-corrected chi connectivity index (χ2v) is 4.10. The molecule has 0 radical (unpaired) electrons. The molecule has 2 heteroatoms. The van der Waals surface area contributed by atoms with Crippen LogP contribution in [-0.2, 0) is 0 Å². The number of benzene rings is 1. The number of para-hydroxylation sites is 1. The van der Waals surface area contributed by atoms with Crippen molar-refractivity contribution in [2.75, 3.05) is 6.61 Å². The lowest BCUT2D eigenvalue weighted by atomic mass is 9.87. The van der Waals surface area contributed by atoms with Gasteiger partial charge in [0.15, 0.2) is 0 Å². The molecule has 0 fully saturated rings. The molecule has 1 aromatic carbocycles. The van der Waals surface area contributed by atoms with Crippen LogP contribution in [0.5, 0.6) is 5.75 Å². The monoisotopic (exact) mass is 191 g/mol. The third-order valence-corrected chi connectivity index (χ3v) is 2.95. The molecule has 2 N–H and O–H groups in total. The van der Waals surface area contributed by atoms with E-state index in [-0.39, 0.29) is 6.04 Å². The van der Waals surface area contributed by atoms with E-state index >= 15 is 0 Å². The molecular weight excluding hydrogens is 174 g/mol. The van der Waals surface area contributed by atoms with Crippen LogP contribution in [0.2, 0.25) is 0 Å². The first-order chi connectivity index (χ1) is 6.70. The van der Waals surface area contributed by atoms with Gasteiger partial charge in [-0.3, -0.25) is 0 Å². The van der Waals surface area contributed by atoms with Crippen molar-refractivity contribution in [1.29, 1.82) is 0 Å². The Morgan fingerprint density at radius 3 is 3.00 bits per heavy atom. The second kappa shape index (κ2) is 3.62. The minimum absolute atomic E-state index is 0.208. The number of hydrogen-bond acceptors (Lipinski definition) is 2. The average molecular weight is 191 g/mol. The molecule has 0 saturated carbocycles. The maximum atomic E-state index is 5.98. The van der Waals surface area contributed by atoms with Crippen molar-refractivity contribution in [3.05, 3.63) is 29.3 Å². The Bertz CT molecular complexity index is 333. The van der Waals surface area contributed by atoms with Crippen LogP contribution in [-0.4, -0.2) is 12.6 Å². The Balaban J connectivity index is 2.44. The summed E-state index contributed by atoms with van der Waals surface area (Å²) in [6.45, 7) is 4.95. The second-order valence-electron chi connectivity index (χ2n) is 4.10. The molecule has 1 aliphatic heterocycles. The maximum Gasteiger partial charge on any atom is 0.125 e.